The third-order valence-corrected chi connectivity index (χ3v) is 8.31. The summed E-state index contributed by atoms with van der Waals surface area (Å²) in [5.41, 5.74) is 1.24. The maximum absolute atomic E-state index is 13.4. The number of aliphatic hydroxyl groups excluding tert-OH is 1. The Morgan fingerprint density at radius 2 is 1.75 bits per heavy atom. The topological polar surface area (TPSA) is 174 Å². The first kappa shape index (κ1) is 39.9. The molecule has 1 aromatic rings. The van der Waals surface area contributed by atoms with Crippen LogP contribution in [0.3, 0.4) is 0 Å². The minimum absolute atomic E-state index is 0.0512. The van der Waals surface area contributed by atoms with Gasteiger partial charge in [-0.15, -0.1) is 0 Å². The molecule has 0 aliphatic carbocycles. The molecule has 4 N–H and O–H groups in total. The number of likely N-dealkylation sites (tertiary alicyclic amines) is 1. The van der Waals surface area contributed by atoms with Gasteiger partial charge in [0.15, 0.2) is 0 Å². The summed E-state index contributed by atoms with van der Waals surface area (Å²) in [4.78, 5) is 78.5. The van der Waals surface area contributed by atoms with Gasteiger partial charge in [0, 0.05) is 49.3 Å². The molecule has 266 valence electrons. The lowest BCUT2D eigenvalue weighted by Crippen LogP contribution is -2.56. The van der Waals surface area contributed by atoms with Gasteiger partial charge < -0.3 is 35.6 Å². The monoisotopic (exact) mass is 671 g/mol. The van der Waals surface area contributed by atoms with Gasteiger partial charge in [0.1, 0.15) is 19.2 Å². The quantitative estimate of drug-likeness (QED) is 0.128. The molecule has 0 spiro atoms. The smallest absolute Gasteiger partial charge is 0.302 e. The second-order valence-corrected chi connectivity index (χ2v) is 13.3. The Labute approximate surface area is 283 Å². The molecule has 5 amide bonds. The standard InChI is InChI=1S/C35H53N5O8/c1-23(2)32(33(46)36-20-29(43)37-28-14-12-27(13-15-28)22-48-26(5)42)38-30(44)21-40(35(6,7)16-18-41)31(45)11-9-8-10-17-39-25(4)19-24(3)34(39)47/h12-15,23-24,32,41H,4,8-11,16-22H2,1-3,5-7H3,(H,36,46)(H,37,43)(H,38,44). The molecule has 0 bridgehead atoms. The van der Waals surface area contributed by atoms with Crippen molar-refractivity contribution < 1.29 is 38.6 Å². The van der Waals surface area contributed by atoms with E-state index in [0.717, 1.165) is 17.7 Å². The maximum atomic E-state index is 13.4. The van der Waals surface area contributed by atoms with Crippen molar-refractivity contribution in [3.63, 3.8) is 0 Å². The summed E-state index contributed by atoms with van der Waals surface area (Å²) in [6.07, 6.45) is 3.10. The first-order chi connectivity index (χ1) is 22.5. The van der Waals surface area contributed by atoms with Crippen molar-refractivity contribution in [3.8, 4) is 0 Å². The largest absolute Gasteiger partial charge is 0.461 e. The number of ether oxygens (including phenoxy) is 1. The minimum atomic E-state index is -0.963. The number of unbranched alkanes of at least 4 members (excludes halogenated alkanes) is 2. The van der Waals surface area contributed by atoms with Crippen molar-refractivity contribution in [1.29, 1.82) is 0 Å². The molecular formula is C35H53N5O8. The van der Waals surface area contributed by atoms with E-state index in [1.807, 2.05) is 6.92 Å². The van der Waals surface area contributed by atoms with Gasteiger partial charge in [-0.2, -0.15) is 0 Å². The number of anilines is 1. The Kier molecular flexibility index (Phi) is 15.7. The fraction of sp³-hybridized carbons (Fsp3) is 0.600. The number of hydrogen-bond acceptors (Lipinski definition) is 8. The third-order valence-electron chi connectivity index (χ3n) is 8.31. The van der Waals surface area contributed by atoms with Crippen LogP contribution >= 0.6 is 0 Å². The van der Waals surface area contributed by atoms with E-state index in [2.05, 4.69) is 22.5 Å². The fourth-order valence-electron chi connectivity index (χ4n) is 5.40. The van der Waals surface area contributed by atoms with E-state index >= 15 is 0 Å². The van der Waals surface area contributed by atoms with Crippen LogP contribution in [0.15, 0.2) is 36.5 Å². The fourth-order valence-corrected chi connectivity index (χ4v) is 5.40. The number of amides is 5. The van der Waals surface area contributed by atoms with E-state index < -0.39 is 35.3 Å². The summed E-state index contributed by atoms with van der Waals surface area (Å²) in [7, 11) is 0. The van der Waals surface area contributed by atoms with Crippen molar-refractivity contribution >= 4 is 41.2 Å². The number of allylic oxidation sites excluding steroid dienone is 1. The highest BCUT2D eigenvalue weighted by Crippen LogP contribution is 2.27. The number of nitrogens with one attached hydrogen (secondary N) is 3. The molecule has 1 aromatic carbocycles. The summed E-state index contributed by atoms with van der Waals surface area (Å²) in [5.74, 6) is -2.50. The molecule has 2 atom stereocenters. The molecule has 48 heavy (non-hydrogen) atoms. The summed E-state index contributed by atoms with van der Waals surface area (Å²) in [6.45, 7) is 14.1. The lowest BCUT2D eigenvalue weighted by molar-refractivity contribution is -0.143. The molecular weight excluding hydrogens is 618 g/mol. The molecule has 0 radical (unpaired) electrons. The maximum Gasteiger partial charge on any atom is 0.302 e. The van der Waals surface area contributed by atoms with Crippen molar-refractivity contribution in [2.24, 2.45) is 11.8 Å². The Morgan fingerprint density at radius 3 is 2.31 bits per heavy atom. The molecule has 2 unspecified atom stereocenters. The molecule has 1 aliphatic rings. The normalized spacial score (nSPS) is 15.2. The van der Waals surface area contributed by atoms with Crippen molar-refractivity contribution in [2.75, 3.05) is 31.6 Å². The predicted octanol–water partition coefficient (Wildman–Crippen LogP) is 2.88. The van der Waals surface area contributed by atoms with Crippen LogP contribution in [-0.4, -0.2) is 88.2 Å². The molecule has 13 heteroatoms. The van der Waals surface area contributed by atoms with Crippen molar-refractivity contribution in [3.05, 3.63) is 42.1 Å². The Bertz CT molecular complexity index is 1310. The number of carbonyl (C=O) groups is 6. The average molecular weight is 672 g/mol. The van der Waals surface area contributed by atoms with Crippen LogP contribution in [0.25, 0.3) is 0 Å². The molecule has 1 aliphatic heterocycles. The Balaban J connectivity index is 1.91. The SMILES string of the molecule is C=C1CC(C)C(=O)N1CCCCCC(=O)N(CC(=O)NC(C(=O)NCC(=O)Nc1ccc(COC(C)=O)cc1)C(C)C)C(C)(C)CCO. The minimum Gasteiger partial charge on any atom is -0.461 e. The van der Waals surface area contributed by atoms with Crippen LogP contribution in [0.4, 0.5) is 5.69 Å². The first-order valence-corrected chi connectivity index (χ1v) is 16.6. The molecule has 13 nitrogen and oxygen atoms in total. The van der Waals surface area contributed by atoms with Gasteiger partial charge in [0.2, 0.25) is 29.5 Å². The van der Waals surface area contributed by atoms with E-state index in [-0.39, 0.29) is 62.8 Å². The van der Waals surface area contributed by atoms with Gasteiger partial charge >= 0.3 is 5.97 Å². The van der Waals surface area contributed by atoms with Gasteiger partial charge in [-0.05, 0) is 63.1 Å². The predicted molar refractivity (Wildman–Crippen MR) is 181 cm³/mol. The van der Waals surface area contributed by atoms with Crippen LogP contribution < -0.4 is 16.0 Å². The van der Waals surface area contributed by atoms with Gasteiger partial charge in [0.25, 0.3) is 0 Å². The molecule has 0 aromatic heterocycles. The van der Waals surface area contributed by atoms with Crippen LogP contribution in [0.5, 0.6) is 0 Å². The summed E-state index contributed by atoms with van der Waals surface area (Å²) in [5, 5.41) is 17.6. The summed E-state index contributed by atoms with van der Waals surface area (Å²) >= 11 is 0. The van der Waals surface area contributed by atoms with E-state index in [0.29, 0.717) is 31.5 Å². The number of hydrogen-bond donors (Lipinski definition) is 4. The summed E-state index contributed by atoms with van der Waals surface area (Å²) < 4.78 is 4.94. The Hall–Kier alpha value is -4.26. The Morgan fingerprint density at radius 1 is 1.08 bits per heavy atom. The molecule has 0 saturated carbocycles. The highest BCUT2D eigenvalue weighted by atomic mass is 16.5. The first-order valence-electron chi connectivity index (χ1n) is 16.6. The number of rotatable bonds is 19. The number of carbonyl (C=O) groups excluding carboxylic acids is 6. The van der Waals surface area contributed by atoms with Gasteiger partial charge in [0.05, 0.1) is 6.54 Å². The van der Waals surface area contributed by atoms with Gasteiger partial charge in [-0.3, -0.25) is 28.8 Å². The van der Waals surface area contributed by atoms with Crippen LogP contribution in [0.1, 0.15) is 85.6 Å². The van der Waals surface area contributed by atoms with E-state index in [1.165, 1.54) is 11.8 Å². The van der Waals surface area contributed by atoms with Gasteiger partial charge in [-0.25, -0.2) is 0 Å². The second kappa shape index (κ2) is 18.9. The molecule has 1 saturated heterocycles. The second-order valence-electron chi connectivity index (χ2n) is 13.3. The molecule has 1 heterocycles. The zero-order valence-corrected chi connectivity index (χ0v) is 29.2. The van der Waals surface area contributed by atoms with Crippen LogP contribution in [-0.2, 0) is 40.1 Å². The number of esters is 1. The summed E-state index contributed by atoms with van der Waals surface area (Å²) in [6, 6.07) is 5.74. The highest BCUT2D eigenvalue weighted by molar-refractivity contribution is 5.96. The van der Waals surface area contributed by atoms with Crippen molar-refractivity contribution in [1.82, 2.24) is 20.4 Å². The van der Waals surface area contributed by atoms with E-state index in [4.69, 9.17) is 4.74 Å². The lowest BCUT2D eigenvalue weighted by atomic mass is 9.97. The lowest BCUT2D eigenvalue weighted by Gasteiger charge is -2.38. The van der Waals surface area contributed by atoms with Gasteiger partial charge in [-0.1, -0.05) is 45.9 Å². The number of nitrogens with zero attached hydrogens (tertiary/aromatic N) is 2. The van der Waals surface area contributed by atoms with Crippen molar-refractivity contribution in [2.45, 2.75) is 98.3 Å². The third kappa shape index (κ3) is 12.7. The molecule has 1 fully saturated rings. The van der Waals surface area contributed by atoms with Crippen LogP contribution in [0.2, 0.25) is 0 Å². The van der Waals surface area contributed by atoms with E-state index in [1.54, 1.807) is 56.9 Å². The van der Waals surface area contributed by atoms with E-state index in [9.17, 15) is 33.9 Å². The number of aliphatic hydroxyl groups is 1. The van der Waals surface area contributed by atoms with Crippen LogP contribution in [0, 0.1) is 11.8 Å². The zero-order chi connectivity index (χ0) is 36.0. The average Bonchev–Trinajstić information content (AvgIpc) is 3.25. The zero-order valence-electron chi connectivity index (χ0n) is 29.2. The highest BCUT2D eigenvalue weighted by Gasteiger charge is 2.34. The molecule has 2 rings (SSSR count). The number of benzene rings is 1.